The van der Waals surface area contributed by atoms with Crippen LogP contribution in [0, 0.1) is 12.8 Å². The molecule has 0 saturated carbocycles. The van der Waals surface area contributed by atoms with E-state index in [-0.39, 0.29) is 11.9 Å². The highest BCUT2D eigenvalue weighted by Crippen LogP contribution is 2.23. The summed E-state index contributed by atoms with van der Waals surface area (Å²) >= 11 is 0. The van der Waals surface area contributed by atoms with Gasteiger partial charge in [-0.1, -0.05) is 0 Å². The van der Waals surface area contributed by atoms with Gasteiger partial charge in [-0.05, 0) is 38.2 Å². The van der Waals surface area contributed by atoms with Gasteiger partial charge in [-0.15, -0.1) is 0 Å². The standard InChI is InChI=1S/C18H22N2O3/c1-12-5-15-6-14(3-4-17(15)23-12)18(21)20-8-13-7-19(2)16(9-20)11-22-10-13/h3-6,13,16H,7-11H2,1-2H3/t13-,16+/m1/s1. The summed E-state index contributed by atoms with van der Waals surface area (Å²) in [5, 5.41) is 0.990. The number of aryl methyl sites for hydroxylation is 1. The lowest BCUT2D eigenvalue weighted by Gasteiger charge is -2.29. The molecule has 2 aliphatic rings. The molecule has 5 heteroatoms. The Morgan fingerprint density at radius 1 is 1.17 bits per heavy atom. The van der Waals surface area contributed by atoms with E-state index in [1.54, 1.807) is 0 Å². The van der Waals surface area contributed by atoms with Gasteiger partial charge in [0, 0.05) is 36.5 Å². The summed E-state index contributed by atoms with van der Waals surface area (Å²) in [7, 11) is 2.13. The molecule has 23 heavy (non-hydrogen) atoms. The van der Waals surface area contributed by atoms with Crippen molar-refractivity contribution in [3.8, 4) is 0 Å². The van der Waals surface area contributed by atoms with Crippen LogP contribution in [0.4, 0.5) is 0 Å². The maximum absolute atomic E-state index is 13.0. The van der Waals surface area contributed by atoms with Crippen molar-refractivity contribution in [2.24, 2.45) is 5.92 Å². The number of ether oxygens (including phenoxy) is 1. The number of nitrogens with zero attached hydrogens (tertiary/aromatic N) is 2. The van der Waals surface area contributed by atoms with Gasteiger partial charge in [-0.25, -0.2) is 0 Å². The Hall–Kier alpha value is -1.85. The number of carbonyl (C=O) groups excluding carboxylic acids is 1. The lowest BCUT2D eigenvalue weighted by molar-refractivity contribution is 0.0434. The van der Waals surface area contributed by atoms with Crippen molar-refractivity contribution in [1.82, 2.24) is 9.80 Å². The summed E-state index contributed by atoms with van der Waals surface area (Å²) in [6.45, 7) is 5.86. The second kappa shape index (κ2) is 5.65. The lowest BCUT2D eigenvalue weighted by Crippen LogP contribution is -2.44. The van der Waals surface area contributed by atoms with E-state index in [9.17, 15) is 4.79 Å². The molecule has 4 rings (SSSR count). The number of carbonyl (C=O) groups is 1. The molecule has 0 N–H and O–H groups in total. The van der Waals surface area contributed by atoms with Crippen LogP contribution < -0.4 is 0 Å². The second-order valence-corrected chi connectivity index (χ2v) is 6.82. The van der Waals surface area contributed by atoms with Crippen molar-refractivity contribution in [1.29, 1.82) is 0 Å². The van der Waals surface area contributed by atoms with Gasteiger partial charge in [0.1, 0.15) is 11.3 Å². The van der Waals surface area contributed by atoms with Crippen LogP contribution in [0.2, 0.25) is 0 Å². The summed E-state index contributed by atoms with van der Waals surface area (Å²) in [6, 6.07) is 7.96. The Labute approximate surface area is 135 Å². The van der Waals surface area contributed by atoms with Crippen molar-refractivity contribution in [2.45, 2.75) is 13.0 Å². The molecule has 5 nitrogen and oxygen atoms in total. The van der Waals surface area contributed by atoms with Gasteiger partial charge in [0.25, 0.3) is 5.91 Å². The zero-order chi connectivity index (χ0) is 16.0. The second-order valence-electron chi connectivity index (χ2n) is 6.82. The third-order valence-electron chi connectivity index (χ3n) is 4.92. The molecule has 122 valence electrons. The predicted molar refractivity (Wildman–Crippen MR) is 87.6 cm³/mol. The Morgan fingerprint density at radius 3 is 2.91 bits per heavy atom. The summed E-state index contributed by atoms with van der Waals surface area (Å²) in [6.07, 6.45) is 0. The highest BCUT2D eigenvalue weighted by Gasteiger charge is 2.33. The van der Waals surface area contributed by atoms with Crippen molar-refractivity contribution in [3.63, 3.8) is 0 Å². The number of hydrogen-bond acceptors (Lipinski definition) is 4. The normalized spacial score (nSPS) is 25.6. The molecule has 2 saturated heterocycles. The summed E-state index contributed by atoms with van der Waals surface area (Å²) in [4.78, 5) is 17.3. The number of fused-ring (bicyclic) bond motifs is 4. The number of amides is 1. The van der Waals surface area contributed by atoms with Gasteiger partial charge in [0.15, 0.2) is 0 Å². The van der Waals surface area contributed by atoms with Gasteiger partial charge < -0.3 is 14.1 Å². The van der Waals surface area contributed by atoms with Crippen LogP contribution in [0.5, 0.6) is 0 Å². The summed E-state index contributed by atoms with van der Waals surface area (Å²) < 4.78 is 11.3. The third kappa shape index (κ3) is 2.75. The molecule has 0 spiro atoms. The van der Waals surface area contributed by atoms with Crippen molar-refractivity contribution >= 4 is 16.9 Å². The first-order valence-corrected chi connectivity index (χ1v) is 8.17. The molecule has 2 aliphatic heterocycles. The fourth-order valence-electron chi connectivity index (χ4n) is 3.71. The van der Waals surface area contributed by atoms with Crippen LogP contribution in [-0.4, -0.2) is 61.6 Å². The molecule has 0 unspecified atom stereocenters. The quantitative estimate of drug-likeness (QED) is 0.809. The molecule has 2 bridgehead atoms. The summed E-state index contributed by atoms with van der Waals surface area (Å²) in [5.74, 6) is 1.36. The molecule has 2 atom stereocenters. The van der Waals surface area contributed by atoms with E-state index in [1.165, 1.54) is 0 Å². The SMILES string of the molecule is Cc1cc2cc(C(=O)N3C[C@@H]4COC[C@H](C3)N(C)C4)ccc2o1. The highest BCUT2D eigenvalue weighted by molar-refractivity contribution is 5.97. The highest BCUT2D eigenvalue weighted by atomic mass is 16.5. The maximum Gasteiger partial charge on any atom is 0.253 e. The first-order valence-electron chi connectivity index (χ1n) is 8.17. The van der Waals surface area contributed by atoms with Gasteiger partial charge in [0.2, 0.25) is 0 Å². The Morgan fingerprint density at radius 2 is 2.04 bits per heavy atom. The Balaban J connectivity index is 1.62. The Bertz CT molecular complexity index is 739. The van der Waals surface area contributed by atoms with Crippen LogP contribution in [0.3, 0.4) is 0 Å². The van der Waals surface area contributed by atoms with E-state index in [1.807, 2.05) is 36.1 Å². The number of benzene rings is 1. The van der Waals surface area contributed by atoms with Gasteiger partial charge in [0.05, 0.1) is 19.3 Å². The van der Waals surface area contributed by atoms with Crippen molar-refractivity contribution in [3.05, 3.63) is 35.6 Å². The van der Waals surface area contributed by atoms with Gasteiger partial charge in [-0.3, -0.25) is 9.69 Å². The Kier molecular flexibility index (Phi) is 3.62. The van der Waals surface area contributed by atoms with Crippen LogP contribution in [0.1, 0.15) is 16.1 Å². The zero-order valence-electron chi connectivity index (χ0n) is 13.6. The van der Waals surface area contributed by atoms with Crippen LogP contribution in [0.15, 0.2) is 28.7 Å². The van der Waals surface area contributed by atoms with Crippen molar-refractivity contribution < 1.29 is 13.9 Å². The first-order chi connectivity index (χ1) is 11.1. The van der Waals surface area contributed by atoms with E-state index >= 15 is 0 Å². The molecule has 2 aromatic rings. The molecule has 0 radical (unpaired) electrons. The molecule has 0 aliphatic carbocycles. The minimum absolute atomic E-state index is 0.109. The topological polar surface area (TPSA) is 45.9 Å². The van der Waals surface area contributed by atoms with Crippen LogP contribution in [-0.2, 0) is 4.74 Å². The van der Waals surface area contributed by atoms with Crippen LogP contribution >= 0.6 is 0 Å². The zero-order valence-corrected chi connectivity index (χ0v) is 13.6. The molecule has 1 aromatic carbocycles. The van der Waals surface area contributed by atoms with Gasteiger partial charge in [-0.2, -0.15) is 0 Å². The monoisotopic (exact) mass is 314 g/mol. The van der Waals surface area contributed by atoms with E-state index in [2.05, 4.69) is 11.9 Å². The molecule has 1 amide bonds. The molecule has 2 fully saturated rings. The summed E-state index contributed by atoms with van der Waals surface area (Å²) in [5.41, 5.74) is 1.57. The van der Waals surface area contributed by atoms with Crippen LogP contribution in [0.25, 0.3) is 11.0 Å². The van der Waals surface area contributed by atoms with E-state index in [0.717, 1.165) is 48.5 Å². The van der Waals surface area contributed by atoms with Gasteiger partial charge >= 0.3 is 0 Å². The number of hydrogen-bond donors (Lipinski definition) is 0. The minimum atomic E-state index is 0.109. The number of furan rings is 1. The third-order valence-corrected chi connectivity index (χ3v) is 4.92. The predicted octanol–water partition coefficient (Wildman–Crippen LogP) is 2.14. The fourth-order valence-corrected chi connectivity index (χ4v) is 3.71. The average molecular weight is 314 g/mol. The molecule has 3 heterocycles. The minimum Gasteiger partial charge on any atom is -0.461 e. The largest absolute Gasteiger partial charge is 0.461 e. The first kappa shape index (κ1) is 14.7. The van der Waals surface area contributed by atoms with E-state index in [4.69, 9.17) is 9.15 Å². The average Bonchev–Trinajstić information content (AvgIpc) is 2.68. The molecule has 1 aromatic heterocycles. The maximum atomic E-state index is 13.0. The number of rotatable bonds is 1. The fraction of sp³-hybridized carbons (Fsp3) is 0.500. The molecular weight excluding hydrogens is 292 g/mol. The number of likely N-dealkylation sites (N-methyl/N-ethyl adjacent to an activating group) is 1. The smallest absolute Gasteiger partial charge is 0.253 e. The molecular formula is C18H22N2O3. The lowest BCUT2D eigenvalue weighted by atomic mass is 10.1. The van der Waals surface area contributed by atoms with E-state index in [0.29, 0.717) is 12.5 Å². The van der Waals surface area contributed by atoms with E-state index < -0.39 is 0 Å². The van der Waals surface area contributed by atoms with Crippen molar-refractivity contribution in [2.75, 3.05) is 39.9 Å².